The number of hydrogen-bond donors (Lipinski definition) is 0. The zero-order valence-corrected chi connectivity index (χ0v) is 41.9. The third-order valence-electron chi connectivity index (χ3n) is 10.6. The lowest BCUT2D eigenvalue weighted by atomic mass is 9.97. The van der Waals surface area contributed by atoms with Gasteiger partial charge in [0.15, 0.2) is 5.65 Å². The van der Waals surface area contributed by atoms with Crippen molar-refractivity contribution in [3.63, 3.8) is 0 Å². The summed E-state index contributed by atoms with van der Waals surface area (Å²) in [6, 6.07) is 0. The normalized spacial score (nSPS) is 10.8. The van der Waals surface area contributed by atoms with Crippen LogP contribution in [0.5, 0.6) is 0 Å². The highest BCUT2D eigenvalue weighted by molar-refractivity contribution is 5.85. The molecule has 1 aromatic carbocycles. The molecule has 0 aliphatic carbocycles. The zero-order valence-electron chi connectivity index (χ0n) is 41.9. The Morgan fingerprint density at radius 1 is 0.345 bits per heavy atom. The molecule has 5 aromatic heterocycles. The number of benzene rings is 1. The molecule has 0 atom stereocenters. The topological polar surface area (TPSA) is 79.2 Å². The van der Waals surface area contributed by atoms with Crippen LogP contribution in [-0.4, -0.2) is 38.6 Å². The molecule has 0 saturated carbocycles. The second-order valence-corrected chi connectivity index (χ2v) is 17.1. The number of pyridine rings is 2. The molecule has 0 amide bonds. The highest BCUT2D eigenvalue weighted by atomic mass is 15.1. The van der Waals surface area contributed by atoms with Crippen LogP contribution < -0.4 is 0 Å². The van der Waals surface area contributed by atoms with Gasteiger partial charge in [0.05, 0.1) is 22.2 Å². The van der Waals surface area contributed by atoms with Crippen LogP contribution in [-0.2, 0) is 21.1 Å². The van der Waals surface area contributed by atoms with E-state index in [9.17, 15) is 0 Å². The zero-order chi connectivity index (χ0) is 45.1. The average molecular weight is 797 g/mol. The Morgan fingerprint density at radius 2 is 0.672 bits per heavy atom. The fraction of sp³-hybridized carbons (Fsp3) is 0.620. The first-order valence-electron chi connectivity index (χ1n) is 22.0. The maximum Gasteiger partial charge on any atom is 0.160 e. The highest BCUT2D eigenvalue weighted by Gasteiger charge is 2.19. The molecule has 0 N–H and O–H groups in total. The Labute approximate surface area is 354 Å². The quantitative estimate of drug-likeness (QED) is 0.178. The number of rotatable bonds is 3. The van der Waals surface area contributed by atoms with Gasteiger partial charge in [-0.1, -0.05) is 102 Å². The highest BCUT2D eigenvalue weighted by Crippen LogP contribution is 2.31. The van der Waals surface area contributed by atoms with Crippen LogP contribution in [0.2, 0.25) is 0 Å². The summed E-state index contributed by atoms with van der Waals surface area (Å²) < 4.78 is 6.57. The van der Waals surface area contributed by atoms with Crippen LogP contribution in [0, 0.1) is 69.2 Å². The van der Waals surface area contributed by atoms with Gasteiger partial charge in [0.1, 0.15) is 28.5 Å². The first-order chi connectivity index (χ1) is 27.0. The predicted molar refractivity (Wildman–Crippen MR) is 255 cm³/mol. The van der Waals surface area contributed by atoms with E-state index >= 15 is 0 Å². The van der Waals surface area contributed by atoms with E-state index in [1.165, 1.54) is 80.6 Å². The van der Waals surface area contributed by atoms with Gasteiger partial charge in [-0.2, -0.15) is 0 Å². The maximum atomic E-state index is 4.84. The number of fused-ring (bicyclic) bond motifs is 3. The van der Waals surface area contributed by atoms with Crippen molar-refractivity contribution >= 4 is 33.2 Å². The van der Waals surface area contributed by atoms with E-state index in [0.29, 0.717) is 17.8 Å². The molecular formula is C50H84N8. The van der Waals surface area contributed by atoms with Gasteiger partial charge in [-0.15, -0.1) is 0 Å². The van der Waals surface area contributed by atoms with Crippen molar-refractivity contribution in [1.82, 2.24) is 38.6 Å². The monoisotopic (exact) mass is 797 g/mol. The predicted octanol–water partition coefficient (Wildman–Crippen LogP) is 14.2. The third kappa shape index (κ3) is 11.6. The summed E-state index contributed by atoms with van der Waals surface area (Å²) in [5.74, 6) is 4.75. The van der Waals surface area contributed by atoms with Crippen molar-refractivity contribution in [2.45, 2.75) is 189 Å². The van der Waals surface area contributed by atoms with Crippen LogP contribution in [0.3, 0.4) is 0 Å². The molecule has 6 aromatic rings. The van der Waals surface area contributed by atoms with E-state index in [2.05, 4.69) is 183 Å². The van der Waals surface area contributed by atoms with Crippen molar-refractivity contribution in [3.05, 3.63) is 73.5 Å². The Balaban J connectivity index is 0.000000394. The van der Waals surface area contributed by atoms with Crippen molar-refractivity contribution < 1.29 is 0 Å². The summed E-state index contributed by atoms with van der Waals surface area (Å²) in [4.78, 5) is 23.4. The molecular weight excluding hydrogens is 713 g/mol. The number of nitrogens with zero attached hydrogens (tertiary/aromatic N) is 8. The van der Waals surface area contributed by atoms with E-state index < -0.39 is 0 Å². The second-order valence-electron chi connectivity index (χ2n) is 17.1. The largest absolute Gasteiger partial charge is 0.331 e. The third-order valence-corrected chi connectivity index (χ3v) is 10.6. The first-order valence-corrected chi connectivity index (χ1v) is 22.0. The van der Waals surface area contributed by atoms with E-state index in [1.54, 1.807) is 0 Å². The molecule has 58 heavy (non-hydrogen) atoms. The van der Waals surface area contributed by atoms with Crippen molar-refractivity contribution in [2.75, 3.05) is 0 Å². The van der Waals surface area contributed by atoms with Gasteiger partial charge in [-0.3, -0.25) is 4.98 Å². The molecule has 0 saturated heterocycles. The number of hydrogen-bond acceptors (Lipinski definition) is 5. The van der Waals surface area contributed by atoms with Gasteiger partial charge in [-0.05, 0) is 108 Å². The summed E-state index contributed by atoms with van der Waals surface area (Å²) in [5.41, 5.74) is 19.3. The minimum absolute atomic E-state index is 0.430. The molecule has 0 aliphatic heterocycles. The molecule has 5 heterocycles. The van der Waals surface area contributed by atoms with Gasteiger partial charge in [0.2, 0.25) is 0 Å². The van der Waals surface area contributed by atoms with Crippen molar-refractivity contribution in [2.24, 2.45) is 21.1 Å². The number of imidazole rings is 3. The minimum Gasteiger partial charge on any atom is -0.331 e. The maximum absolute atomic E-state index is 4.84. The molecule has 0 unspecified atom stereocenters. The van der Waals surface area contributed by atoms with Crippen LogP contribution in [0.15, 0.2) is 0 Å². The van der Waals surface area contributed by atoms with Gasteiger partial charge in [0, 0.05) is 50.3 Å². The molecule has 0 spiro atoms. The van der Waals surface area contributed by atoms with Gasteiger partial charge in [0.25, 0.3) is 0 Å². The lowest BCUT2D eigenvalue weighted by Crippen LogP contribution is -2.01. The van der Waals surface area contributed by atoms with E-state index in [-0.39, 0.29) is 0 Å². The standard InChI is InChI=1S/C15H22N2.2C13H19N3.3C3H8/c1-8(2)15-16-13-11(5)9(3)10(4)12(6)14(13)17(15)7;1-7(2)13-15-11-10(5)14-9(4)8(3)12(11)16(13)6;1-7(2)12-15-11-9(4)8(3)10(5)14-13(11)16(12)6;3*1-3-2/h8H,1-7H3;2*7H,1-6H3;3*3H2,1-2H3. The van der Waals surface area contributed by atoms with E-state index in [1.807, 2.05) is 14.0 Å². The fourth-order valence-corrected chi connectivity index (χ4v) is 7.01. The summed E-state index contributed by atoms with van der Waals surface area (Å²) in [6.45, 7) is 47.1. The SMILES string of the molecule is CCC.CCC.CCC.Cc1c(C)c(C)c2c(nc(C(C)C)n2C)c1C.Cc1nc(C)c2nc(C(C)C)n(C)c2c1C.Cc1nc2c(nc(C(C)C)n2C)c(C)c1C. The molecule has 8 heteroatoms. The average Bonchev–Trinajstić information content (AvgIpc) is 3.80. The molecule has 8 nitrogen and oxygen atoms in total. The number of aryl methyl sites for hydroxylation is 10. The molecule has 0 radical (unpaired) electrons. The van der Waals surface area contributed by atoms with Crippen LogP contribution in [0.25, 0.3) is 33.2 Å². The lowest BCUT2D eigenvalue weighted by Gasteiger charge is -2.11. The van der Waals surface area contributed by atoms with Crippen molar-refractivity contribution in [1.29, 1.82) is 0 Å². The molecule has 0 bridgehead atoms. The van der Waals surface area contributed by atoms with Crippen LogP contribution >= 0.6 is 0 Å². The smallest absolute Gasteiger partial charge is 0.160 e. The Kier molecular flexibility index (Phi) is 20.5. The second kappa shape index (κ2) is 22.9. The number of aromatic nitrogens is 8. The molecule has 6 rings (SSSR count). The van der Waals surface area contributed by atoms with Gasteiger partial charge < -0.3 is 13.7 Å². The molecule has 0 fully saturated rings. The summed E-state index contributed by atoms with van der Waals surface area (Å²) in [5, 5.41) is 0. The van der Waals surface area contributed by atoms with E-state index in [4.69, 9.17) is 15.0 Å². The summed E-state index contributed by atoms with van der Waals surface area (Å²) in [6.07, 6.45) is 3.75. The minimum atomic E-state index is 0.430. The fourth-order valence-electron chi connectivity index (χ4n) is 7.01. The molecule has 324 valence electrons. The molecule has 0 aliphatic rings. The van der Waals surface area contributed by atoms with Crippen molar-refractivity contribution in [3.8, 4) is 0 Å². The lowest BCUT2D eigenvalue weighted by molar-refractivity contribution is 0.718. The Bertz CT molecular complexity index is 2230. The Morgan fingerprint density at radius 3 is 1.10 bits per heavy atom. The van der Waals surface area contributed by atoms with Crippen LogP contribution in [0.4, 0.5) is 0 Å². The first kappa shape index (κ1) is 51.9. The summed E-state index contributed by atoms with van der Waals surface area (Å²) in [7, 11) is 6.27. The summed E-state index contributed by atoms with van der Waals surface area (Å²) >= 11 is 0. The van der Waals surface area contributed by atoms with Gasteiger partial charge >= 0.3 is 0 Å². The van der Waals surface area contributed by atoms with Gasteiger partial charge in [-0.25, -0.2) is 19.9 Å². The Hall–Kier alpha value is -4.07. The van der Waals surface area contributed by atoms with E-state index in [0.717, 1.165) is 45.4 Å². The van der Waals surface area contributed by atoms with Crippen LogP contribution in [0.1, 0.15) is 194 Å².